The molecule has 0 saturated carbocycles. The first-order chi connectivity index (χ1) is 33.0. The number of unbranched alkanes of at least 4 members (excludes halogenated alkanes) is 25. The normalized spacial score (nSPS) is 12.7. The Bertz CT molecular complexity index is 1300. The van der Waals surface area contributed by atoms with E-state index in [9.17, 15) is 14.4 Å². The summed E-state index contributed by atoms with van der Waals surface area (Å²) in [7, 11) is 0. The predicted molar refractivity (Wildman–Crippen MR) is 288 cm³/mol. The fraction of sp³-hybridized carbons (Fsp3) is 0.721. The fourth-order valence-electron chi connectivity index (χ4n) is 7.68. The van der Waals surface area contributed by atoms with Crippen molar-refractivity contribution in [2.45, 2.75) is 271 Å². The summed E-state index contributed by atoms with van der Waals surface area (Å²) >= 11 is 0. The van der Waals surface area contributed by atoms with E-state index in [0.717, 1.165) is 103 Å². The summed E-state index contributed by atoms with van der Waals surface area (Å²) < 4.78 is 16.8. The molecule has 0 aromatic rings. The minimum atomic E-state index is -0.806. The van der Waals surface area contributed by atoms with Crippen molar-refractivity contribution in [1.82, 2.24) is 0 Å². The highest BCUT2D eigenvalue weighted by Crippen LogP contribution is 2.15. The highest BCUT2D eigenvalue weighted by atomic mass is 16.6. The Morgan fingerprint density at radius 1 is 0.313 bits per heavy atom. The van der Waals surface area contributed by atoms with E-state index in [1.165, 1.54) is 116 Å². The molecule has 0 aliphatic carbocycles. The van der Waals surface area contributed by atoms with Gasteiger partial charge in [0.2, 0.25) is 0 Å². The van der Waals surface area contributed by atoms with Crippen LogP contribution < -0.4 is 0 Å². The maximum atomic E-state index is 12.8. The minimum Gasteiger partial charge on any atom is -0.462 e. The number of carbonyl (C=O) groups excluding carboxylic acids is 3. The summed E-state index contributed by atoms with van der Waals surface area (Å²) in [5.74, 6) is -0.967. The van der Waals surface area contributed by atoms with Crippen molar-refractivity contribution in [2.24, 2.45) is 0 Å². The van der Waals surface area contributed by atoms with Crippen molar-refractivity contribution in [3.05, 3.63) is 85.1 Å². The predicted octanol–water partition coefficient (Wildman–Crippen LogP) is 18.8. The van der Waals surface area contributed by atoms with Gasteiger partial charge in [-0.25, -0.2) is 0 Å². The number of hydrogen-bond acceptors (Lipinski definition) is 6. The maximum Gasteiger partial charge on any atom is 0.306 e. The van der Waals surface area contributed by atoms with Gasteiger partial charge < -0.3 is 14.2 Å². The van der Waals surface area contributed by atoms with Crippen LogP contribution in [0, 0.1) is 0 Å². The molecule has 0 N–H and O–H groups in total. The van der Waals surface area contributed by atoms with Crippen molar-refractivity contribution >= 4 is 17.9 Å². The lowest BCUT2D eigenvalue weighted by atomic mass is 10.0. The van der Waals surface area contributed by atoms with Crippen LogP contribution in [0.25, 0.3) is 0 Å². The minimum absolute atomic E-state index is 0.0982. The van der Waals surface area contributed by atoms with E-state index >= 15 is 0 Å². The molecule has 0 radical (unpaired) electrons. The molecule has 6 nitrogen and oxygen atoms in total. The van der Waals surface area contributed by atoms with E-state index in [0.29, 0.717) is 19.3 Å². The quantitative estimate of drug-likeness (QED) is 0.0262. The van der Waals surface area contributed by atoms with Gasteiger partial charge in [-0.05, 0) is 89.9 Å². The zero-order valence-electron chi connectivity index (χ0n) is 43.9. The Morgan fingerprint density at radius 2 is 0.597 bits per heavy atom. The Hall–Kier alpha value is -3.41. The van der Waals surface area contributed by atoms with E-state index in [4.69, 9.17) is 14.2 Å². The topological polar surface area (TPSA) is 78.9 Å². The van der Waals surface area contributed by atoms with Crippen LogP contribution in [0.1, 0.15) is 265 Å². The largest absolute Gasteiger partial charge is 0.462 e. The second kappa shape index (κ2) is 55.2. The number of ether oxygens (including phenoxy) is 3. The van der Waals surface area contributed by atoms with Crippen LogP contribution in [0.2, 0.25) is 0 Å². The molecule has 0 bridgehead atoms. The summed E-state index contributed by atoms with van der Waals surface area (Å²) in [4.78, 5) is 38.1. The lowest BCUT2D eigenvalue weighted by molar-refractivity contribution is -0.167. The van der Waals surface area contributed by atoms with Crippen LogP contribution >= 0.6 is 0 Å². The van der Waals surface area contributed by atoms with Crippen molar-refractivity contribution in [2.75, 3.05) is 13.2 Å². The van der Waals surface area contributed by atoms with Gasteiger partial charge in [0.1, 0.15) is 13.2 Å². The second-order valence-corrected chi connectivity index (χ2v) is 18.5. The van der Waals surface area contributed by atoms with E-state index in [2.05, 4.69) is 106 Å². The number of esters is 3. The van der Waals surface area contributed by atoms with Gasteiger partial charge in [0.15, 0.2) is 6.10 Å². The Labute approximate surface area is 414 Å². The number of hydrogen-bond donors (Lipinski definition) is 0. The third kappa shape index (κ3) is 53.4. The van der Waals surface area contributed by atoms with Crippen LogP contribution in [-0.4, -0.2) is 37.2 Å². The molecule has 0 spiro atoms. The monoisotopic (exact) mass is 933 g/mol. The molecule has 0 saturated heterocycles. The zero-order chi connectivity index (χ0) is 48.6. The van der Waals surface area contributed by atoms with Crippen molar-refractivity contribution in [1.29, 1.82) is 0 Å². The molecule has 0 amide bonds. The van der Waals surface area contributed by atoms with E-state index < -0.39 is 6.10 Å². The Morgan fingerprint density at radius 3 is 1.00 bits per heavy atom. The van der Waals surface area contributed by atoms with Crippen LogP contribution in [0.5, 0.6) is 0 Å². The summed E-state index contributed by atoms with van der Waals surface area (Å²) in [6.45, 7) is 6.45. The molecule has 0 heterocycles. The lowest BCUT2D eigenvalue weighted by Crippen LogP contribution is -2.30. The smallest absolute Gasteiger partial charge is 0.306 e. The number of carbonyl (C=O) groups is 3. The highest BCUT2D eigenvalue weighted by Gasteiger charge is 2.19. The van der Waals surface area contributed by atoms with Gasteiger partial charge >= 0.3 is 17.9 Å². The van der Waals surface area contributed by atoms with Crippen LogP contribution in [0.3, 0.4) is 0 Å². The van der Waals surface area contributed by atoms with Crippen LogP contribution in [0.4, 0.5) is 0 Å². The summed E-state index contributed by atoms with van der Waals surface area (Å²) in [6, 6.07) is 0. The highest BCUT2D eigenvalue weighted by molar-refractivity contribution is 5.71. The number of rotatable bonds is 50. The van der Waals surface area contributed by atoms with Crippen LogP contribution in [-0.2, 0) is 28.6 Å². The molecule has 0 aromatic carbocycles. The molecule has 384 valence electrons. The van der Waals surface area contributed by atoms with Gasteiger partial charge in [-0.3, -0.25) is 14.4 Å². The van der Waals surface area contributed by atoms with Crippen molar-refractivity contribution < 1.29 is 28.6 Å². The Balaban J connectivity index is 4.47. The summed E-state index contributed by atoms with van der Waals surface area (Å²) in [5, 5.41) is 0. The summed E-state index contributed by atoms with van der Waals surface area (Å²) in [6.07, 6.45) is 71.5. The Kier molecular flexibility index (Phi) is 52.4. The first-order valence-electron chi connectivity index (χ1n) is 28.1. The lowest BCUT2D eigenvalue weighted by Gasteiger charge is -2.18. The second-order valence-electron chi connectivity index (χ2n) is 18.5. The standard InChI is InChI=1S/C61H104O6/c1-4-7-10-13-16-19-22-25-28-30-33-35-38-41-44-47-50-53-59(62)65-56-58(67-61(64)55-52-49-46-43-40-37-32-27-24-21-18-15-12-9-6-3)57-66-60(63)54-51-48-45-42-39-36-34-31-29-26-23-20-17-14-11-8-5-2/h7,10,16,18-19,21,25,27-28,32-33,35,41,44,58H,4-6,8-9,11-15,17,20,22-24,26,29-31,34,36-40,42-43,45-57H2,1-3H3/b10-7-,19-16-,21-18-,28-25-,32-27-,35-33-,44-41-/t58-/m1/s1. The molecule has 0 rings (SSSR count). The maximum absolute atomic E-state index is 12.8. The zero-order valence-corrected chi connectivity index (χ0v) is 43.9. The third-order valence-electron chi connectivity index (χ3n) is 11.9. The molecule has 0 unspecified atom stereocenters. The fourth-order valence-corrected chi connectivity index (χ4v) is 7.68. The molecular formula is C61H104O6. The van der Waals surface area contributed by atoms with Crippen molar-refractivity contribution in [3.63, 3.8) is 0 Å². The van der Waals surface area contributed by atoms with Gasteiger partial charge in [-0.15, -0.1) is 0 Å². The van der Waals surface area contributed by atoms with E-state index in [1.807, 2.05) is 0 Å². The van der Waals surface area contributed by atoms with Gasteiger partial charge in [0.05, 0.1) is 0 Å². The van der Waals surface area contributed by atoms with Gasteiger partial charge in [-0.2, -0.15) is 0 Å². The molecular weight excluding hydrogens is 829 g/mol. The molecule has 0 fully saturated rings. The van der Waals surface area contributed by atoms with Gasteiger partial charge in [-0.1, -0.05) is 241 Å². The molecule has 0 aliphatic heterocycles. The first-order valence-corrected chi connectivity index (χ1v) is 28.1. The van der Waals surface area contributed by atoms with E-state index in [-0.39, 0.29) is 37.5 Å². The average Bonchev–Trinajstić information content (AvgIpc) is 3.33. The molecule has 1 atom stereocenters. The molecule has 0 aliphatic rings. The van der Waals surface area contributed by atoms with E-state index in [1.54, 1.807) is 0 Å². The summed E-state index contributed by atoms with van der Waals surface area (Å²) in [5.41, 5.74) is 0. The SMILES string of the molecule is CC/C=C\C/C=C\C/C=C\C/C=C\C/C=C\CCCC(=O)OC[C@H](COC(=O)CCCCCCCCCCCCCCCCCCC)OC(=O)CCCCCCC/C=C\C/C=C\CCCCC. The van der Waals surface area contributed by atoms with Gasteiger partial charge in [0, 0.05) is 19.3 Å². The average molecular weight is 933 g/mol. The molecule has 67 heavy (non-hydrogen) atoms. The van der Waals surface area contributed by atoms with Gasteiger partial charge in [0.25, 0.3) is 0 Å². The number of allylic oxidation sites excluding steroid dienone is 14. The van der Waals surface area contributed by atoms with Crippen molar-refractivity contribution in [3.8, 4) is 0 Å². The first kappa shape index (κ1) is 63.6. The van der Waals surface area contributed by atoms with Crippen LogP contribution in [0.15, 0.2) is 85.1 Å². The molecule has 0 aromatic heterocycles. The molecule has 6 heteroatoms. The third-order valence-corrected chi connectivity index (χ3v) is 11.9.